The molecule has 33 heavy (non-hydrogen) atoms. The number of amides is 1. The number of benzene rings is 3. The van der Waals surface area contributed by atoms with Crippen LogP contribution in [0, 0.1) is 0 Å². The number of alkyl halides is 2. The molecule has 1 heterocycles. The van der Waals surface area contributed by atoms with Gasteiger partial charge in [0.15, 0.2) is 0 Å². The third-order valence-corrected chi connectivity index (χ3v) is 4.51. The second-order valence-electron chi connectivity index (χ2n) is 6.85. The highest BCUT2D eigenvalue weighted by atomic mass is 19.3. The van der Waals surface area contributed by atoms with E-state index in [9.17, 15) is 13.6 Å². The number of hydrazone groups is 1. The maximum absolute atomic E-state index is 12.3. The monoisotopic (exact) mass is 448 g/mol. The van der Waals surface area contributed by atoms with Crippen LogP contribution in [0.25, 0.3) is 11.4 Å². The number of hydrogen-bond donors (Lipinski definition) is 1. The summed E-state index contributed by atoms with van der Waals surface area (Å²) in [5.74, 6) is 0.199. The molecule has 0 bridgehead atoms. The predicted molar refractivity (Wildman–Crippen MR) is 117 cm³/mol. The van der Waals surface area contributed by atoms with Crippen molar-refractivity contribution in [2.45, 2.75) is 13.2 Å². The van der Waals surface area contributed by atoms with E-state index in [0.717, 1.165) is 11.1 Å². The highest BCUT2D eigenvalue weighted by Crippen LogP contribution is 2.14. The van der Waals surface area contributed by atoms with Crippen molar-refractivity contribution in [2.75, 3.05) is 0 Å². The molecule has 0 unspecified atom stereocenters. The number of nitrogens with one attached hydrogen (secondary N) is 1. The van der Waals surface area contributed by atoms with Gasteiger partial charge in [-0.2, -0.15) is 18.7 Å². The maximum atomic E-state index is 12.3. The number of carbonyl (C=O) groups is 1. The van der Waals surface area contributed by atoms with Crippen molar-refractivity contribution in [3.8, 4) is 17.1 Å². The average molecular weight is 448 g/mol. The SMILES string of the molecule is O=C(N/N=C/c1ccc(OC(F)F)cc1)c1ccc(Cn2nnc(-c3ccccc3)n2)cc1. The first-order chi connectivity index (χ1) is 16.1. The van der Waals surface area contributed by atoms with E-state index in [-0.39, 0.29) is 11.7 Å². The molecule has 0 fully saturated rings. The van der Waals surface area contributed by atoms with Crippen molar-refractivity contribution in [2.24, 2.45) is 5.10 Å². The van der Waals surface area contributed by atoms with Gasteiger partial charge in [0.05, 0.1) is 12.8 Å². The summed E-state index contributed by atoms with van der Waals surface area (Å²) in [6.07, 6.45) is 1.40. The third-order valence-electron chi connectivity index (χ3n) is 4.51. The molecule has 166 valence electrons. The minimum atomic E-state index is -2.88. The number of halogens is 2. The molecule has 3 aromatic carbocycles. The molecule has 10 heteroatoms. The Hall–Kier alpha value is -4.47. The lowest BCUT2D eigenvalue weighted by Crippen LogP contribution is -2.17. The molecule has 4 rings (SSSR count). The van der Waals surface area contributed by atoms with Gasteiger partial charge in [-0.15, -0.1) is 10.2 Å². The first kappa shape index (κ1) is 21.8. The first-order valence-electron chi connectivity index (χ1n) is 9.87. The minimum Gasteiger partial charge on any atom is -0.435 e. The number of rotatable bonds is 8. The summed E-state index contributed by atoms with van der Waals surface area (Å²) in [5.41, 5.74) is 5.25. The van der Waals surface area contributed by atoms with Gasteiger partial charge in [0.1, 0.15) is 5.75 Å². The van der Waals surface area contributed by atoms with Gasteiger partial charge in [0.2, 0.25) is 5.82 Å². The van der Waals surface area contributed by atoms with E-state index in [2.05, 4.69) is 30.7 Å². The molecule has 0 saturated carbocycles. The summed E-state index contributed by atoms with van der Waals surface area (Å²) < 4.78 is 28.6. The van der Waals surface area contributed by atoms with E-state index in [1.807, 2.05) is 30.3 Å². The molecule has 1 aromatic heterocycles. The Labute approximate surface area is 187 Å². The van der Waals surface area contributed by atoms with Crippen LogP contribution in [0.5, 0.6) is 5.75 Å². The largest absolute Gasteiger partial charge is 0.435 e. The number of hydrogen-bond acceptors (Lipinski definition) is 6. The zero-order valence-electron chi connectivity index (χ0n) is 17.2. The van der Waals surface area contributed by atoms with Gasteiger partial charge in [0, 0.05) is 11.1 Å². The zero-order chi connectivity index (χ0) is 23.0. The fraction of sp³-hybridized carbons (Fsp3) is 0.0870. The molecule has 4 aromatic rings. The van der Waals surface area contributed by atoms with Crippen LogP contribution < -0.4 is 10.2 Å². The minimum absolute atomic E-state index is 0.0451. The standard InChI is InChI=1S/C23H18F2N6O2/c24-23(25)33-20-12-8-16(9-13-20)14-26-28-22(32)19-10-6-17(7-11-19)15-31-29-21(27-30-31)18-4-2-1-3-5-18/h1-14,23H,15H2,(H,28,32)/b26-14+. The van der Waals surface area contributed by atoms with Crippen LogP contribution in [0.4, 0.5) is 8.78 Å². The van der Waals surface area contributed by atoms with Gasteiger partial charge in [-0.1, -0.05) is 42.5 Å². The van der Waals surface area contributed by atoms with Gasteiger partial charge in [0.25, 0.3) is 5.91 Å². The van der Waals surface area contributed by atoms with Gasteiger partial charge >= 0.3 is 6.61 Å². The summed E-state index contributed by atoms with van der Waals surface area (Å²) in [6, 6.07) is 22.4. The smallest absolute Gasteiger partial charge is 0.387 e. The van der Waals surface area contributed by atoms with Crippen LogP contribution in [0.1, 0.15) is 21.5 Å². The van der Waals surface area contributed by atoms with Gasteiger partial charge in [-0.05, 0) is 52.7 Å². The van der Waals surface area contributed by atoms with Crippen LogP contribution in [-0.2, 0) is 6.54 Å². The van der Waals surface area contributed by atoms with Crippen LogP contribution in [0.3, 0.4) is 0 Å². The normalized spacial score (nSPS) is 11.1. The van der Waals surface area contributed by atoms with Crippen molar-refractivity contribution < 1.29 is 18.3 Å². The lowest BCUT2D eigenvalue weighted by Gasteiger charge is -2.04. The second-order valence-corrected chi connectivity index (χ2v) is 6.85. The summed E-state index contributed by atoms with van der Waals surface area (Å²) >= 11 is 0. The molecule has 1 N–H and O–H groups in total. The fourth-order valence-corrected chi connectivity index (χ4v) is 2.90. The van der Waals surface area contributed by atoms with Crippen molar-refractivity contribution in [1.82, 2.24) is 25.6 Å². The molecular formula is C23H18F2N6O2. The van der Waals surface area contributed by atoms with Crippen LogP contribution in [-0.4, -0.2) is 38.9 Å². The molecule has 0 aliphatic rings. The molecular weight excluding hydrogens is 430 g/mol. The lowest BCUT2D eigenvalue weighted by atomic mass is 10.1. The van der Waals surface area contributed by atoms with Crippen LogP contribution >= 0.6 is 0 Å². The van der Waals surface area contributed by atoms with Crippen LogP contribution in [0.15, 0.2) is 84.0 Å². The lowest BCUT2D eigenvalue weighted by molar-refractivity contribution is -0.0498. The van der Waals surface area contributed by atoms with Crippen molar-refractivity contribution >= 4 is 12.1 Å². The molecule has 1 amide bonds. The first-order valence-corrected chi connectivity index (χ1v) is 9.87. The van der Waals surface area contributed by atoms with E-state index in [1.165, 1.54) is 23.1 Å². The van der Waals surface area contributed by atoms with E-state index < -0.39 is 6.61 Å². The molecule has 0 spiro atoms. The summed E-state index contributed by atoms with van der Waals surface area (Å²) in [6.45, 7) is -2.47. The average Bonchev–Trinajstić information content (AvgIpc) is 3.29. The maximum Gasteiger partial charge on any atom is 0.387 e. The highest BCUT2D eigenvalue weighted by Gasteiger charge is 2.08. The Morgan fingerprint density at radius 1 is 1.03 bits per heavy atom. The Morgan fingerprint density at radius 3 is 2.45 bits per heavy atom. The molecule has 0 radical (unpaired) electrons. The van der Waals surface area contributed by atoms with E-state index in [4.69, 9.17) is 0 Å². The number of tetrazole rings is 1. The molecule has 0 saturated heterocycles. The Morgan fingerprint density at radius 2 is 1.76 bits per heavy atom. The van der Waals surface area contributed by atoms with Crippen molar-refractivity contribution in [1.29, 1.82) is 0 Å². The molecule has 0 aliphatic heterocycles. The third kappa shape index (κ3) is 6.03. The summed E-state index contributed by atoms with van der Waals surface area (Å²) in [7, 11) is 0. The Bertz CT molecular complexity index is 1230. The zero-order valence-corrected chi connectivity index (χ0v) is 17.2. The number of nitrogens with zero attached hydrogens (tertiary/aromatic N) is 5. The van der Waals surface area contributed by atoms with Crippen molar-refractivity contribution in [3.05, 3.63) is 95.6 Å². The summed E-state index contributed by atoms with van der Waals surface area (Å²) in [5, 5.41) is 16.4. The van der Waals surface area contributed by atoms with E-state index in [1.54, 1.807) is 36.4 Å². The topological polar surface area (TPSA) is 94.3 Å². The van der Waals surface area contributed by atoms with Crippen molar-refractivity contribution in [3.63, 3.8) is 0 Å². The number of aromatic nitrogens is 4. The van der Waals surface area contributed by atoms with Crippen LogP contribution in [0.2, 0.25) is 0 Å². The van der Waals surface area contributed by atoms with Gasteiger partial charge in [-0.25, -0.2) is 5.43 Å². The Balaban J connectivity index is 1.31. The fourth-order valence-electron chi connectivity index (χ4n) is 2.90. The van der Waals surface area contributed by atoms with E-state index in [0.29, 0.717) is 23.5 Å². The molecule has 0 aliphatic carbocycles. The van der Waals surface area contributed by atoms with Gasteiger partial charge < -0.3 is 4.74 Å². The molecule has 8 nitrogen and oxygen atoms in total. The number of carbonyl (C=O) groups excluding carboxylic acids is 1. The van der Waals surface area contributed by atoms with E-state index >= 15 is 0 Å². The Kier molecular flexibility index (Phi) is 6.74. The molecule has 0 atom stereocenters. The number of ether oxygens (including phenoxy) is 1. The summed E-state index contributed by atoms with van der Waals surface area (Å²) in [4.78, 5) is 13.8. The predicted octanol–water partition coefficient (Wildman–Crippen LogP) is 3.75. The van der Waals surface area contributed by atoms with Gasteiger partial charge in [-0.3, -0.25) is 4.79 Å². The highest BCUT2D eigenvalue weighted by molar-refractivity contribution is 5.94. The quantitative estimate of drug-likeness (QED) is 0.327. The second kappa shape index (κ2) is 10.2.